The van der Waals surface area contributed by atoms with E-state index in [1.807, 2.05) is 0 Å². The van der Waals surface area contributed by atoms with Gasteiger partial charge in [-0.2, -0.15) is 0 Å². The monoisotopic (exact) mass is 253 g/mol. The van der Waals surface area contributed by atoms with Gasteiger partial charge in [-0.1, -0.05) is 19.8 Å². The third kappa shape index (κ3) is 3.52. The molecule has 0 saturated heterocycles. The minimum absolute atomic E-state index is 0.471. The summed E-state index contributed by atoms with van der Waals surface area (Å²) in [7, 11) is 0. The number of hydrogen-bond acceptors (Lipinski definition) is 1. The fourth-order valence-electron chi connectivity index (χ4n) is 3.01. The Balaban J connectivity index is 2.05. The van der Waals surface area contributed by atoms with E-state index >= 15 is 0 Å². The van der Waals surface area contributed by atoms with Crippen molar-refractivity contribution in [2.75, 3.05) is 6.54 Å². The molecule has 0 spiro atoms. The molecule has 18 heavy (non-hydrogen) atoms. The molecule has 1 aromatic rings. The molecule has 0 aromatic heterocycles. The molecule has 0 amide bonds. The molecule has 2 rings (SSSR count). The molecular weight excluding hydrogens is 232 g/mol. The largest absolute Gasteiger partial charge is 0.314 e. The van der Waals surface area contributed by atoms with Crippen LogP contribution >= 0.6 is 0 Å². The summed E-state index contributed by atoms with van der Waals surface area (Å²) >= 11 is 0. The van der Waals surface area contributed by atoms with Crippen LogP contribution in [-0.4, -0.2) is 12.6 Å². The van der Waals surface area contributed by atoms with Crippen molar-refractivity contribution in [1.29, 1.82) is 0 Å². The van der Waals surface area contributed by atoms with E-state index in [1.165, 1.54) is 31.4 Å². The van der Waals surface area contributed by atoms with E-state index in [1.54, 1.807) is 0 Å². The van der Waals surface area contributed by atoms with Crippen LogP contribution in [0.4, 0.5) is 8.78 Å². The van der Waals surface area contributed by atoms with Crippen molar-refractivity contribution in [2.24, 2.45) is 5.92 Å². The summed E-state index contributed by atoms with van der Waals surface area (Å²) < 4.78 is 26.3. The van der Waals surface area contributed by atoms with Gasteiger partial charge in [0.05, 0.1) is 0 Å². The Hall–Kier alpha value is -0.960. The average Bonchev–Trinajstić information content (AvgIpc) is 2.30. The lowest BCUT2D eigenvalue weighted by atomic mass is 9.80. The van der Waals surface area contributed by atoms with E-state index in [9.17, 15) is 8.78 Å². The number of benzene rings is 1. The summed E-state index contributed by atoms with van der Waals surface area (Å²) in [5.41, 5.74) is 0.780. The Morgan fingerprint density at radius 2 is 1.78 bits per heavy atom. The highest BCUT2D eigenvalue weighted by atomic mass is 19.1. The van der Waals surface area contributed by atoms with E-state index in [-0.39, 0.29) is 0 Å². The van der Waals surface area contributed by atoms with E-state index < -0.39 is 11.6 Å². The topological polar surface area (TPSA) is 12.0 Å². The molecule has 1 aromatic carbocycles. The summed E-state index contributed by atoms with van der Waals surface area (Å²) in [6.07, 6.45) is 5.58. The molecule has 0 radical (unpaired) electrons. The van der Waals surface area contributed by atoms with Crippen molar-refractivity contribution in [3.05, 3.63) is 35.4 Å². The molecule has 1 nitrogen and oxygen atoms in total. The summed E-state index contributed by atoms with van der Waals surface area (Å²) in [4.78, 5) is 0. The zero-order valence-electron chi connectivity index (χ0n) is 10.9. The highest BCUT2D eigenvalue weighted by Crippen LogP contribution is 2.28. The van der Waals surface area contributed by atoms with Gasteiger partial charge in [0.15, 0.2) is 0 Å². The molecule has 1 saturated carbocycles. The Morgan fingerprint density at radius 1 is 1.11 bits per heavy atom. The lowest BCUT2D eigenvalue weighted by molar-refractivity contribution is 0.264. The minimum atomic E-state index is -0.471. The van der Waals surface area contributed by atoms with Gasteiger partial charge in [0.1, 0.15) is 11.6 Å². The first kappa shape index (κ1) is 13.5. The van der Waals surface area contributed by atoms with E-state index in [0.717, 1.165) is 31.0 Å². The summed E-state index contributed by atoms with van der Waals surface area (Å²) in [6, 6.07) is 4.35. The maximum absolute atomic E-state index is 13.2. The van der Waals surface area contributed by atoms with Crippen molar-refractivity contribution in [1.82, 2.24) is 5.32 Å². The van der Waals surface area contributed by atoms with Crippen LogP contribution in [0.25, 0.3) is 0 Å². The predicted molar refractivity (Wildman–Crippen MR) is 69.5 cm³/mol. The third-order valence-electron chi connectivity index (χ3n) is 3.80. The molecular formula is C15H21F2N. The molecule has 0 aliphatic heterocycles. The first-order valence-electron chi connectivity index (χ1n) is 6.87. The van der Waals surface area contributed by atoms with Gasteiger partial charge < -0.3 is 5.32 Å². The minimum Gasteiger partial charge on any atom is -0.314 e. The third-order valence-corrected chi connectivity index (χ3v) is 3.80. The smallest absolute Gasteiger partial charge is 0.126 e. The Kier molecular flexibility index (Phi) is 4.70. The van der Waals surface area contributed by atoms with Crippen LogP contribution < -0.4 is 5.32 Å². The fraction of sp³-hybridized carbons (Fsp3) is 0.600. The van der Waals surface area contributed by atoms with Crippen LogP contribution in [0.1, 0.15) is 38.2 Å². The molecule has 1 fully saturated rings. The van der Waals surface area contributed by atoms with Crippen molar-refractivity contribution >= 4 is 0 Å². The highest BCUT2D eigenvalue weighted by Gasteiger charge is 2.24. The van der Waals surface area contributed by atoms with Crippen LogP contribution in [-0.2, 0) is 6.42 Å². The lowest BCUT2D eigenvalue weighted by Gasteiger charge is -2.32. The molecule has 2 unspecified atom stereocenters. The van der Waals surface area contributed by atoms with Crippen LogP contribution in [0.2, 0.25) is 0 Å². The molecule has 1 aliphatic carbocycles. The highest BCUT2D eigenvalue weighted by molar-refractivity contribution is 5.18. The van der Waals surface area contributed by atoms with Gasteiger partial charge in [-0.3, -0.25) is 0 Å². The molecule has 2 atom stereocenters. The fourth-order valence-corrected chi connectivity index (χ4v) is 3.01. The Bertz CT molecular complexity index is 370. The van der Waals surface area contributed by atoms with Crippen LogP contribution in [0, 0.1) is 17.6 Å². The van der Waals surface area contributed by atoms with Gasteiger partial charge >= 0.3 is 0 Å². The maximum Gasteiger partial charge on any atom is 0.126 e. The van der Waals surface area contributed by atoms with Crippen molar-refractivity contribution in [3.63, 3.8) is 0 Å². The number of rotatable bonds is 4. The second kappa shape index (κ2) is 6.28. The number of nitrogens with one attached hydrogen (secondary N) is 1. The number of hydrogen-bond donors (Lipinski definition) is 1. The summed E-state index contributed by atoms with van der Waals surface area (Å²) in [5, 5.41) is 3.50. The van der Waals surface area contributed by atoms with Crippen LogP contribution in [0.3, 0.4) is 0 Å². The second-order valence-electron chi connectivity index (χ2n) is 5.19. The molecule has 1 aliphatic rings. The molecule has 100 valence electrons. The molecule has 0 bridgehead atoms. The SMILES string of the molecule is CCNC1CCCCC1Cc1cc(F)cc(F)c1. The first-order valence-corrected chi connectivity index (χ1v) is 6.87. The van der Waals surface area contributed by atoms with Gasteiger partial charge in [0.25, 0.3) is 0 Å². The van der Waals surface area contributed by atoms with Gasteiger partial charge in [0, 0.05) is 12.1 Å². The van der Waals surface area contributed by atoms with E-state index in [4.69, 9.17) is 0 Å². The van der Waals surface area contributed by atoms with Crippen molar-refractivity contribution in [3.8, 4) is 0 Å². The molecule has 3 heteroatoms. The normalized spacial score (nSPS) is 24.2. The van der Waals surface area contributed by atoms with Gasteiger partial charge in [0.2, 0.25) is 0 Å². The maximum atomic E-state index is 13.2. The van der Waals surface area contributed by atoms with Crippen molar-refractivity contribution in [2.45, 2.75) is 45.1 Å². The first-order chi connectivity index (χ1) is 8.69. The lowest BCUT2D eigenvalue weighted by Crippen LogP contribution is -2.39. The van der Waals surface area contributed by atoms with Crippen molar-refractivity contribution < 1.29 is 8.78 Å². The van der Waals surface area contributed by atoms with Gasteiger partial charge in [-0.25, -0.2) is 8.78 Å². The Labute approximate surface area is 108 Å². The summed E-state index contributed by atoms with van der Waals surface area (Å²) in [5.74, 6) is -0.443. The zero-order chi connectivity index (χ0) is 13.0. The second-order valence-corrected chi connectivity index (χ2v) is 5.19. The molecule has 1 N–H and O–H groups in total. The standard InChI is InChI=1S/C15H21F2N/c1-2-18-15-6-4-3-5-12(15)7-11-8-13(16)10-14(17)9-11/h8-10,12,15,18H,2-7H2,1H3. The molecule has 0 heterocycles. The number of halogens is 2. The predicted octanol–water partition coefficient (Wildman–Crippen LogP) is 3.68. The van der Waals surface area contributed by atoms with E-state index in [0.29, 0.717) is 12.0 Å². The average molecular weight is 253 g/mol. The van der Waals surface area contributed by atoms with Gasteiger partial charge in [-0.05, 0) is 49.4 Å². The van der Waals surface area contributed by atoms with Crippen LogP contribution in [0.15, 0.2) is 18.2 Å². The Morgan fingerprint density at radius 3 is 2.44 bits per heavy atom. The van der Waals surface area contributed by atoms with Crippen LogP contribution in [0.5, 0.6) is 0 Å². The summed E-state index contributed by atoms with van der Waals surface area (Å²) in [6.45, 7) is 3.06. The zero-order valence-corrected chi connectivity index (χ0v) is 10.9. The quantitative estimate of drug-likeness (QED) is 0.863. The van der Waals surface area contributed by atoms with E-state index in [2.05, 4.69) is 12.2 Å². The van der Waals surface area contributed by atoms with Gasteiger partial charge in [-0.15, -0.1) is 0 Å².